The summed E-state index contributed by atoms with van der Waals surface area (Å²) in [7, 11) is 0. The molecule has 0 aromatic rings. The van der Waals surface area contributed by atoms with Crippen molar-refractivity contribution in [3.8, 4) is 0 Å². The van der Waals surface area contributed by atoms with E-state index in [9.17, 15) is 0 Å². The summed E-state index contributed by atoms with van der Waals surface area (Å²) in [4.78, 5) is 2.81. The van der Waals surface area contributed by atoms with E-state index in [4.69, 9.17) is 0 Å². The Bertz CT molecular complexity index is 246. The summed E-state index contributed by atoms with van der Waals surface area (Å²) in [6, 6.07) is 0.974. The third-order valence-electron chi connectivity index (χ3n) is 5.79. The van der Waals surface area contributed by atoms with Gasteiger partial charge < -0.3 is 4.90 Å². The molecular formula is C14H25N. The predicted molar refractivity (Wildman–Crippen MR) is 63.8 cm³/mol. The van der Waals surface area contributed by atoms with Gasteiger partial charge in [0.1, 0.15) is 0 Å². The number of nitrogens with zero attached hydrogens (tertiary/aromatic N) is 1. The maximum atomic E-state index is 2.81. The molecule has 3 fully saturated rings. The molecule has 1 aliphatic heterocycles. The van der Waals surface area contributed by atoms with Crippen LogP contribution in [-0.4, -0.2) is 24.0 Å². The van der Waals surface area contributed by atoms with Gasteiger partial charge in [0.2, 0.25) is 0 Å². The molecule has 3 rings (SSSR count). The normalized spacial score (nSPS) is 47.6. The fraction of sp³-hybridized carbons (Fsp3) is 1.00. The second kappa shape index (κ2) is 3.48. The number of rotatable bonds is 1. The lowest BCUT2D eigenvalue weighted by Gasteiger charge is -2.37. The van der Waals surface area contributed by atoms with E-state index in [-0.39, 0.29) is 0 Å². The van der Waals surface area contributed by atoms with Crippen LogP contribution in [0.25, 0.3) is 0 Å². The van der Waals surface area contributed by atoms with Gasteiger partial charge in [0.15, 0.2) is 0 Å². The predicted octanol–water partition coefficient (Wildman–Crippen LogP) is 3.30. The fourth-order valence-electron chi connectivity index (χ4n) is 4.02. The van der Waals surface area contributed by atoms with Gasteiger partial charge in [-0.25, -0.2) is 0 Å². The van der Waals surface area contributed by atoms with Crippen LogP contribution < -0.4 is 0 Å². The summed E-state index contributed by atoms with van der Waals surface area (Å²) >= 11 is 0. The minimum Gasteiger partial charge on any atom is -0.300 e. The SMILES string of the molecule is CC1CCN(C2CCC2)CCC12CC2C. The quantitative estimate of drug-likeness (QED) is 0.637. The average molecular weight is 207 g/mol. The molecule has 1 spiro atoms. The first-order valence-electron chi connectivity index (χ1n) is 6.96. The smallest absolute Gasteiger partial charge is 0.00952 e. The summed E-state index contributed by atoms with van der Waals surface area (Å²) in [6.45, 7) is 7.77. The first-order valence-corrected chi connectivity index (χ1v) is 6.96. The highest BCUT2D eigenvalue weighted by Crippen LogP contribution is 2.61. The lowest BCUT2D eigenvalue weighted by molar-refractivity contribution is 0.129. The molecule has 1 heterocycles. The molecular weight excluding hydrogens is 182 g/mol. The van der Waals surface area contributed by atoms with E-state index in [0.29, 0.717) is 0 Å². The van der Waals surface area contributed by atoms with Crippen LogP contribution in [0.1, 0.15) is 52.4 Å². The molecule has 0 N–H and O–H groups in total. The van der Waals surface area contributed by atoms with E-state index in [1.165, 1.54) is 51.6 Å². The maximum absolute atomic E-state index is 2.81. The zero-order chi connectivity index (χ0) is 10.5. The molecule has 15 heavy (non-hydrogen) atoms. The molecule has 3 atom stereocenters. The van der Waals surface area contributed by atoms with Gasteiger partial charge in [0.25, 0.3) is 0 Å². The van der Waals surface area contributed by atoms with Gasteiger partial charge in [-0.3, -0.25) is 0 Å². The molecule has 3 unspecified atom stereocenters. The van der Waals surface area contributed by atoms with Crippen molar-refractivity contribution in [1.29, 1.82) is 0 Å². The van der Waals surface area contributed by atoms with Gasteiger partial charge in [0, 0.05) is 6.04 Å². The van der Waals surface area contributed by atoms with Crippen LogP contribution in [0, 0.1) is 17.3 Å². The highest BCUT2D eigenvalue weighted by molar-refractivity contribution is 5.05. The van der Waals surface area contributed by atoms with Crippen LogP contribution in [0.4, 0.5) is 0 Å². The molecule has 0 radical (unpaired) electrons. The van der Waals surface area contributed by atoms with E-state index < -0.39 is 0 Å². The van der Waals surface area contributed by atoms with Gasteiger partial charge in [0.05, 0.1) is 0 Å². The molecule has 0 aromatic carbocycles. The third-order valence-corrected chi connectivity index (χ3v) is 5.79. The van der Waals surface area contributed by atoms with E-state index in [0.717, 1.165) is 23.3 Å². The molecule has 0 aromatic heterocycles. The van der Waals surface area contributed by atoms with E-state index in [1.54, 1.807) is 0 Å². The van der Waals surface area contributed by atoms with Gasteiger partial charge in [-0.2, -0.15) is 0 Å². The number of hydrogen-bond donors (Lipinski definition) is 0. The molecule has 0 amide bonds. The number of likely N-dealkylation sites (tertiary alicyclic amines) is 1. The lowest BCUT2D eigenvalue weighted by Crippen LogP contribution is -2.40. The van der Waals surface area contributed by atoms with Crippen molar-refractivity contribution in [1.82, 2.24) is 4.90 Å². The maximum Gasteiger partial charge on any atom is 0.00952 e. The Balaban J connectivity index is 1.64. The largest absolute Gasteiger partial charge is 0.300 e. The Kier molecular flexibility index (Phi) is 2.35. The second-order valence-corrected chi connectivity index (χ2v) is 6.40. The lowest BCUT2D eigenvalue weighted by atomic mass is 9.84. The summed E-state index contributed by atoms with van der Waals surface area (Å²) in [5.41, 5.74) is 0.776. The van der Waals surface area contributed by atoms with E-state index in [2.05, 4.69) is 18.7 Å². The van der Waals surface area contributed by atoms with Crippen molar-refractivity contribution in [3.63, 3.8) is 0 Å². The van der Waals surface area contributed by atoms with Crippen LogP contribution in [0.15, 0.2) is 0 Å². The van der Waals surface area contributed by atoms with Crippen molar-refractivity contribution >= 4 is 0 Å². The molecule has 1 saturated heterocycles. The van der Waals surface area contributed by atoms with Crippen molar-refractivity contribution < 1.29 is 0 Å². The monoisotopic (exact) mass is 207 g/mol. The van der Waals surface area contributed by atoms with Crippen LogP contribution >= 0.6 is 0 Å². The van der Waals surface area contributed by atoms with Crippen LogP contribution in [0.5, 0.6) is 0 Å². The molecule has 1 nitrogen and oxygen atoms in total. The Morgan fingerprint density at radius 1 is 1.00 bits per heavy atom. The first-order chi connectivity index (χ1) is 7.22. The Hall–Kier alpha value is -0.0400. The highest BCUT2D eigenvalue weighted by Gasteiger charge is 2.54. The van der Waals surface area contributed by atoms with Gasteiger partial charge in [-0.05, 0) is 62.4 Å². The van der Waals surface area contributed by atoms with Crippen LogP contribution in [0.2, 0.25) is 0 Å². The second-order valence-electron chi connectivity index (χ2n) is 6.40. The van der Waals surface area contributed by atoms with Gasteiger partial charge in [-0.1, -0.05) is 20.3 Å². The molecule has 3 aliphatic rings. The molecule has 0 bridgehead atoms. The first kappa shape index (κ1) is 10.1. The van der Waals surface area contributed by atoms with Gasteiger partial charge in [-0.15, -0.1) is 0 Å². The molecule has 1 heteroatoms. The molecule has 2 saturated carbocycles. The fourth-order valence-corrected chi connectivity index (χ4v) is 4.02. The minimum atomic E-state index is 0.776. The zero-order valence-corrected chi connectivity index (χ0v) is 10.3. The average Bonchev–Trinajstić information content (AvgIpc) is 2.81. The summed E-state index contributed by atoms with van der Waals surface area (Å²) in [5, 5.41) is 0. The summed E-state index contributed by atoms with van der Waals surface area (Å²) in [5.74, 6) is 2.01. The number of hydrogen-bond acceptors (Lipinski definition) is 1. The van der Waals surface area contributed by atoms with Crippen LogP contribution in [0.3, 0.4) is 0 Å². The summed E-state index contributed by atoms with van der Waals surface area (Å²) in [6.07, 6.45) is 8.92. The molecule has 86 valence electrons. The minimum absolute atomic E-state index is 0.776. The van der Waals surface area contributed by atoms with E-state index >= 15 is 0 Å². The Morgan fingerprint density at radius 3 is 2.27 bits per heavy atom. The Morgan fingerprint density at radius 2 is 1.73 bits per heavy atom. The molecule has 2 aliphatic carbocycles. The third kappa shape index (κ3) is 1.54. The van der Waals surface area contributed by atoms with Crippen molar-refractivity contribution in [2.45, 2.75) is 58.4 Å². The standard InChI is InChI=1S/C14H25N/c1-11-6-8-15(13-4-3-5-13)9-7-14(11)10-12(14)2/h11-13H,3-10H2,1-2H3. The topological polar surface area (TPSA) is 3.24 Å². The Labute approximate surface area is 94.2 Å². The van der Waals surface area contributed by atoms with Crippen molar-refractivity contribution in [3.05, 3.63) is 0 Å². The van der Waals surface area contributed by atoms with Crippen molar-refractivity contribution in [2.75, 3.05) is 13.1 Å². The highest BCUT2D eigenvalue weighted by atomic mass is 15.2. The van der Waals surface area contributed by atoms with Crippen molar-refractivity contribution in [2.24, 2.45) is 17.3 Å². The van der Waals surface area contributed by atoms with Crippen LogP contribution in [-0.2, 0) is 0 Å². The van der Waals surface area contributed by atoms with E-state index in [1.807, 2.05) is 0 Å². The van der Waals surface area contributed by atoms with Gasteiger partial charge >= 0.3 is 0 Å². The summed E-state index contributed by atoms with van der Waals surface area (Å²) < 4.78 is 0. The zero-order valence-electron chi connectivity index (χ0n) is 10.3.